The zero-order chi connectivity index (χ0) is 15.4. The monoisotopic (exact) mass is 335 g/mol. The number of benzene rings is 1. The van der Waals surface area contributed by atoms with Gasteiger partial charge in [-0.25, -0.2) is 4.39 Å². The molecule has 0 N–H and O–H groups in total. The number of nitrogens with zero attached hydrogens (tertiary/aromatic N) is 1. The molecular formula is C17H18FNOS2. The second-order valence-electron chi connectivity index (χ2n) is 5.35. The lowest BCUT2D eigenvalue weighted by Gasteiger charge is -2.20. The molecule has 5 heteroatoms. The summed E-state index contributed by atoms with van der Waals surface area (Å²) in [5, 5.41) is 2.61. The maximum atomic E-state index is 12.9. The molecule has 1 aromatic heterocycles. The normalized spacial score (nSPS) is 19.0. The molecule has 1 atom stereocenters. The molecule has 2 aromatic rings. The molecule has 1 aliphatic heterocycles. The van der Waals surface area contributed by atoms with E-state index in [0.29, 0.717) is 11.7 Å². The van der Waals surface area contributed by atoms with E-state index in [0.717, 1.165) is 30.8 Å². The highest BCUT2D eigenvalue weighted by Crippen LogP contribution is 2.36. The third-order valence-corrected chi connectivity index (χ3v) is 6.27. The van der Waals surface area contributed by atoms with E-state index in [9.17, 15) is 9.18 Å². The topological polar surface area (TPSA) is 20.3 Å². The van der Waals surface area contributed by atoms with Crippen molar-refractivity contribution in [3.05, 3.63) is 58.0 Å². The second kappa shape index (κ2) is 7.29. The largest absolute Gasteiger partial charge is 0.342 e. The van der Waals surface area contributed by atoms with Crippen LogP contribution in [0, 0.1) is 5.82 Å². The van der Waals surface area contributed by atoms with Gasteiger partial charge >= 0.3 is 0 Å². The summed E-state index contributed by atoms with van der Waals surface area (Å²) >= 11 is 3.73. The standard InChI is InChI=1S/C17H18FNOS2/c18-14-5-3-13(4-6-14)12-17(20)19-8-7-16(22-11-9-19)15-2-1-10-21-15/h1-6,10,16H,7-9,11-12H2/t16-/m0/s1. The molecule has 2 heterocycles. The summed E-state index contributed by atoms with van der Waals surface area (Å²) < 4.78 is 12.9. The van der Waals surface area contributed by atoms with Crippen molar-refractivity contribution in [3.8, 4) is 0 Å². The zero-order valence-electron chi connectivity index (χ0n) is 12.2. The van der Waals surface area contributed by atoms with Gasteiger partial charge in [0.2, 0.25) is 5.91 Å². The predicted octanol–water partition coefficient (Wildman–Crippen LogP) is 4.14. The van der Waals surface area contributed by atoms with E-state index < -0.39 is 0 Å². The van der Waals surface area contributed by atoms with Crippen molar-refractivity contribution < 1.29 is 9.18 Å². The Balaban J connectivity index is 1.58. The first-order chi connectivity index (χ1) is 10.7. The smallest absolute Gasteiger partial charge is 0.227 e. The number of thioether (sulfide) groups is 1. The third-order valence-electron chi connectivity index (χ3n) is 3.82. The Morgan fingerprint density at radius 3 is 2.77 bits per heavy atom. The quantitative estimate of drug-likeness (QED) is 0.840. The maximum Gasteiger partial charge on any atom is 0.227 e. The van der Waals surface area contributed by atoms with Crippen molar-refractivity contribution in [2.45, 2.75) is 18.1 Å². The van der Waals surface area contributed by atoms with Crippen LogP contribution >= 0.6 is 23.1 Å². The number of hydrogen-bond acceptors (Lipinski definition) is 3. The summed E-state index contributed by atoms with van der Waals surface area (Å²) in [7, 11) is 0. The Hall–Kier alpha value is -1.33. The Kier molecular flexibility index (Phi) is 5.16. The Bertz CT molecular complexity index is 612. The number of halogens is 1. The molecule has 1 amide bonds. The fourth-order valence-corrected chi connectivity index (χ4v) is 4.85. The number of carbonyl (C=O) groups is 1. The summed E-state index contributed by atoms with van der Waals surface area (Å²) in [6, 6.07) is 10.5. The molecular weight excluding hydrogens is 317 g/mol. The first kappa shape index (κ1) is 15.6. The van der Waals surface area contributed by atoms with E-state index in [2.05, 4.69) is 17.5 Å². The van der Waals surface area contributed by atoms with Crippen LogP contribution in [0.15, 0.2) is 41.8 Å². The Morgan fingerprint density at radius 2 is 2.05 bits per heavy atom. The molecule has 116 valence electrons. The van der Waals surface area contributed by atoms with Gasteiger partial charge in [-0.05, 0) is 35.6 Å². The van der Waals surface area contributed by atoms with Crippen LogP contribution < -0.4 is 0 Å². The number of carbonyl (C=O) groups excluding carboxylic acids is 1. The molecule has 1 saturated heterocycles. The molecule has 0 saturated carbocycles. The number of amides is 1. The van der Waals surface area contributed by atoms with Crippen LogP contribution in [0.3, 0.4) is 0 Å². The van der Waals surface area contributed by atoms with Gasteiger partial charge in [0.05, 0.1) is 6.42 Å². The molecule has 3 rings (SSSR count). The summed E-state index contributed by atoms with van der Waals surface area (Å²) in [6.45, 7) is 1.60. The molecule has 0 radical (unpaired) electrons. The van der Waals surface area contributed by atoms with Crippen molar-refractivity contribution in [2.24, 2.45) is 0 Å². The molecule has 1 aliphatic rings. The minimum atomic E-state index is -0.263. The maximum absolute atomic E-state index is 12.9. The van der Waals surface area contributed by atoms with Gasteiger partial charge in [-0.1, -0.05) is 18.2 Å². The van der Waals surface area contributed by atoms with Gasteiger partial charge < -0.3 is 4.90 Å². The van der Waals surface area contributed by atoms with Crippen LogP contribution in [0.5, 0.6) is 0 Å². The number of thiophene rings is 1. The van der Waals surface area contributed by atoms with Crippen LogP contribution in [0.1, 0.15) is 22.1 Å². The lowest BCUT2D eigenvalue weighted by molar-refractivity contribution is -0.130. The van der Waals surface area contributed by atoms with Gasteiger partial charge in [-0.3, -0.25) is 4.79 Å². The molecule has 0 unspecified atom stereocenters. The van der Waals surface area contributed by atoms with Crippen LogP contribution in [-0.2, 0) is 11.2 Å². The van der Waals surface area contributed by atoms with Gasteiger partial charge in [-0.2, -0.15) is 11.8 Å². The van der Waals surface area contributed by atoms with Gasteiger partial charge in [0.25, 0.3) is 0 Å². The minimum Gasteiger partial charge on any atom is -0.342 e. The fraction of sp³-hybridized carbons (Fsp3) is 0.353. The van der Waals surface area contributed by atoms with Crippen molar-refractivity contribution >= 4 is 29.0 Å². The summed E-state index contributed by atoms with van der Waals surface area (Å²) in [6.07, 6.45) is 1.36. The van der Waals surface area contributed by atoms with Gasteiger partial charge in [0.15, 0.2) is 0 Å². The molecule has 0 aliphatic carbocycles. The van der Waals surface area contributed by atoms with Crippen molar-refractivity contribution in [1.29, 1.82) is 0 Å². The van der Waals surface area contributed by atoms with Crippen molar-refractivity contribution in [2.75, 3.05) is 18.8 Å². The average molecular weight is 335 g/mol. The van der Waals surface area contributed by atoms with Gasteiger partial charge in [0, 0.05) is 29.0 Å². The third kappa shape index (κ3) is 3.90. The predicted molar refractivity (Wildman–Crippen MR) is 90.8 cm³/mol. The number of hydrogen-bond donors (Lipinski definition) is 0. The average Bonchev–Trinajstić information content (AvgIpc) is 2.94. The van der Waals surface area contributed by atoms with E-state index in [-0.39, 0.29) is 11.7 Å². The zero-order valence-corrected chi connectivity index (χ0v) is 13.8. The highest BCUT2D eigenvalue weighted by Gasteiger charge is 2.22. The SMILES string of the molecule is O=C(Cc1ccc(F)cc1)N1CCS[C@H](c2cccs2)CC1. The van der Waals surface area contributed by atoms with E-state index >= 15 is 0 Å². The van der Waals surface area contributed by atoms with Crippen LogP contribution in [0.2, 0.25) is 0 Å². The lowest BCUT2D eigenvalue weighted by Crippen LogP contribution is -2.34. The molecule has 1 aromatic carbocycles. The van der Waals surface area contributed by atoms with Crippen LogP contribution in [0.4, 0.5) is 4.39 Å². The van der Waals surface area contributed by atoms with E-state index in [1.807, 2.05) is 16.7 Å². The molecule has 0 bridgehead atoms. The lowest BCUT2D eigenvalue weighted by atomic mass is 10.1. The minimum absolute atomic E-state index is 0.138. The molecule has 22 heavy (non-hydrogen) atoms. The number of rotatable bonds is 3. The van der Waals surface area contributed by atoms with Crippen molar-refractivity contribution in [3.63, 3.8) is 0 Å². The fourth-order valence-electron chi connectivity index (χ4n) is 2.61. The van der Waals surface area contributed by atoms with E-state index in [1.54, 1.807) is 23.5 Å². The summed E-state index contributed by atoms with van der Waals surface area (Å²) in [5.74, 6) is 0.845. The van der Waals surface area contributed by atoms with E-state index in [1.165, 1.54) is 17.0 Å². The van der Waals surface area contributed by atoms with E-state index in [4.69, 9.17) is 0 Å². The van der Waals surface area contributed by atoms with Crippen molar-refractivity contribution in [1.82, 2.24) is 4.90 Å². The highest BCUT2D eigenvalue weighted by atomic mass is 32.2. The highest BCUT2D eigenvalue weighted by molar-refractivity contribution is 7.99. The Morgan fingerprint density at radius 1 is 1.23 bits per heavy atom. The van der Waals surface area contributed by atoms with Crippen LogP contribution in [0.25, 0.3) is 0 Å². The summed E-state index contributed by atoms with van der Waals surface area (Å²) in [4.78, 5) is 15.8. The molecule has 1 fully saturated rings. The van der Waals surface area contributed by atoms with Gasteiger partial charge in [-0.15, -0.1) is 11.3 Å². The first-order valence-electron chi connectivity index (χ1n) is 7.39. The Labute approximate surface area is 138 Å². The second-order valence-corrected chi connectivity index (χ2v) is 7.64. The molecule has 2 nitrogen and oxygen atoms in total. The summed E-state index contributed by atoms with van der Waals surface area (Å²) in [5.41, 5.74) is 0.873. The molecule has 0 spiro atoms. The van der Waals surface area contributed by atoms with Gasteiger partial charge in [0.1, 0.15) is 5.82 Å². The first-order valence-corrected chi connectivity index (χ1v) is 9.32. The van der Waals surface area contributed by atoms with Crippen LogP contribution in [-0.4, -0.2) is 29.6 Å².